The van der Waals surface area contributed by atoms with Gasteiger partial charge in [-0.2, -0.15) is 5.10 Å². The van der Waals surface area contributed by atoms with Crippen molar-refractivity contribution in [2.24, 2.45) is 7.05 Å². The van der Waals surface area contributed by atoms with Gasteiger partial charge in [-0.25, -0.2) is 9.78 Å². The van der Waals surface area contributed by atoms with E-state index in [9.17, 15) is 4.79 Å². The third-order valence-electron chi connectivity index (χ3n) is 2.29. The summed E-state index contributed by atoms with van der Waals surface area (Å²) in [6.45, 7) is 0.426. The number of aromatic carboxylic acids is 1. The molecule has 0 aliphatic rings. The highest BCUT2D eigenvalue weighted by molar-refractivity contribution is 9.10. The van der Waals surface area contributed by atoms with E-state index >= 15 is 0 Å². The number of aromatic nitrogens is 3. The molecule has 0 unspecified atom stereocenters. The van der Waals surface area contributed by atoms with E-state index in [0.29, 0.717) is 16.8 Å². The molecule has 0 radical (unpaired) electrons. The molecule has 0 amide bonds. The fraction of sp³-hybridized carbons (Fsp3) is 0.182. The minimum Gasteiger partial charge on any atom is -0.478 e. The summed E-state index contributed by atoms with van der Waals surface area (Å²) in [7, 11) is 1.82. The van der Waals surface area contributed by atoms with Gasteiger partial charge in [-0.15, -0.1) is 0 Å². The van der Waals surface area contributed by atoms with Crippen molar-refractivity contribution in [2.75, 3.05) is 5.32 Å². The van der Waals surface area contributed by atoms with Gasteiger partial charge >= 0.3 is 5.97 Å². The Bertz CT molecular complexity index is 582. The Balaban J connectivity index is 2.16. The largest absolute Gasteiger partial charge is 0.478 e. The molecule has 0 aliphatic heterocycles. The second kappa shape index (κ2) is 5.18. The summed E-state index contributed by atoms with van der Waals surface area (Å²) in [4.78, 5) is 15.1. The van der Waals surface area contributed by atoms with Crippen molar-refractivity contribution in [3.05, 3.63) is 40.3 Å². The summed E-state index contributed by atoms with van der Waals surface area (Å²) in [6, 6.07) is 3.36. The van der Waals surface area contributed by atoms with Crippen LogP contribution in [0.2, 0.25) is 0 Å². The third kappa shape index (κ3) is 2.86. The van der Waals surface area contributed by atoms with Crippen LogP contribution in [0.25, 0.3) is 0 Å². The lowest BCUT2D eigenvalue weighted by Crippen LogP contribution is -2.09. The summed E-state index contributed by atoms with van der Waals surface area (Å²) >= 11 is 3.19. The fourth-order valence-electron chi connectivity index (χ4n) is 1.47. The number of aryl methyl sites for hydroxylation is 1. The average molecular weight is 311 g/mol. The van der Waals surface area contributed by atoms with Gasteiger partial charge in [-0.3, -0.25) is 4.68 Å². The standard InChI is InChI=1S/C11H11BrN4O2/c1-16-3-2-8(15-16)6-14-10-9(11(17)18)4-7(12)5-13-10/h2-5H,6H2,1H3,(H,13,14)(H,17,18). The second-order valence-corrected chi connectivity index (χ2v) is 4.60. The summed E-state index contributed by atoms with van der Waals surface area (Å²) in [5, 5.41) is 16.2. The van der Waals surface area contributed by atoms with Crippen molar-refractivity contribution in [1.82, 2.24) is 14.8 Å². The van der Waals surface area contributed by atoms with Crippen molar-refractivity contribution in [3.8, 4) is 0 Å². The van der Waals surface area contributed by atoms with Gasteiger partial charge in [0.1, 0.15) is 11.4 Å². The number of hydrogen-bond acceptors (Lipinski definition) is 4. The topological polar surface area (TPSA) is 80.0 Å². The molecule has 0 spiro atoms. The van der Waals surface area contributed by atoms with Crippen molar-refractivity contribution in [1.29, 1.82) is 0 Å². The molecule has 2 rings (SSSR count). The summed E-state index contributed by atoms with van der Waals surface area (Å²) in [5.41, 5.74) is 0.943. The Morgan fingerprint density at radius 2 is 2.39 bits per heavy atom. The highest BCUT2D eigenvalue weighted by Crippen LogP contribution is 2.18. The van der Waals surface area contributed by atoms with E-state index < -0.39 is 5.97 Å². The number of anilines is 1. The molecule has 2 aromatic heterocycles. The van der Waals surface area contributed by atoms with Gasteiger partial charge in [0.2, 0.25) is 0 Å². The highest BCUT2D eigenvalue weighted by atomic mass is 79.9. The van der Waals surface area contributed by atoms with E-state index in [1.165, 1.54) is 6.07 Å². The minimum absolute atomic E-state index is 0.125. The van der Waals surface area contributed by atoms with Crippen molar-refractivity contribution in [3.63, 3.8) is 0 Å². The van der Waals surface area contributed by atoms with Gasteiger partial charge in [-0.05, 0) is 28.1 Å². The Labute approximate surface area is 112 Å². The summed E-state index contributed by atoms with van der Waals surface area (Å²) in [6.07, 6.45) is 3.37. The SMILES string of the molecule is Cn1ccc(CNc2ncc(Br)cc2C(=O)O)n1. The van der Waals surface area contributed by atoms with Crippen LogP contribution >= 0.6 is 15.9 Å². The molecule has 0 aliphatic carbocycles. The first-order valence-electron chi connectivity index (χ1n) is 5.17. The lowest BCUT2D eigenvalue weighted by molar-refractivity contribution is 0.0697. The molecule has 0 bridgehead atoms. The highest BCUT2D eigenvalue weighted by Gasteiger charge is 2.12. The zero-order chi connectivity index (χ0) is 13.1. The van der Waals surface area contributed by atoms with Crippen LogP contribution in [0, 0.1) is 0 Å². The molecule has 0 saturated carbocycles. The number of halogens is 1. The van der Waals surface area contributed by atoms with Gasteiger partial charge in [0.05, 0.1) is 12.2 Å². The minimum atomic E-state index is -1.02. The number of rotatable bonds is 4. The Morgan fingerprint density at radius 3 is 3.00 bits per heavy atom. The molecule has 2 aromatic rings. The molecule has 0 atom stereocenters. The van der Waals surface area contributed by atoms with Crippen LogP contribution in [0.3, 0.4) is 0 Å². The third-order valence-corrected chi connectivity index (χ3v) is 2.72. The van der Waals surface area contributed by atoms with E-state index in [0.717, 1.165) is 5.69 Å². The Morgan fingerprint density at radius 1 is 1.61 bits per heavy atom. The van der Waals surface area contributed by atoms with Gasteiger partial charge < -0.3 is 10.4 Å². The zero-order valence-corrected chi connectivity index (χ0v) is 11.2. The number of pyridine rings is 1. The predicted octanol–water partition coefficient (Wildman–Crippen LogP) is 1.89. The second-order valence-electron chi connectivity index (χ2n) is 3.69. The molecule has 2 heterocycles. The van der Waals surface area contributed by atoms with Crippen molar-refractivity contribution < 1.29 is 9.90 Å². The Kier molecular flexibility index (Phi) is 3.61. The molecular formula is C11H11BrN4O2. The monoisotopic (exact) mass is 310 g/mol. The Hall–Kier alpha value is -1.89. The number of carbonyl (C=O) groups is 1. The van der Waals surface area contributed by atoms with Crippen LogP contribution in [0.5, 0.6) is 0 Å². The van der Waals surface area contributed by atoms with E-state index in [2.05, 4.69) is 31.3 Å². The first-order chi connectivity index (χ1) is 8.56. The molecule has 94 valence electrons. The van der Waals surface area contributed by atoms with Gasteiger partial charge in [-0.1, -0.05) is 0 Å². The molecule has 18 heavy (non-hydrogen) atoms. The maximum atomic E-state index is 11.1. The predicted molar refractivity (Wildman–Crippen MR) is 69.4 cm³/mol. The smallest absolute Gasteiger partial charge is 0.339 e. The van der Waals surface area contributed by atoms with Gasteiger partial charge in [0, 0.05) is 23.9 Å². The average Bonchev–Trinajstić information content (AvgIpc) is 2.73. The van der Waals surface area contributed by atoms with E-state index in [1.54, 1.807) is 10.9 Å². The molecule has 0 saturated heterocycles. The quantitative estimate of drug-likeness (QED) is 0.901. The normalized spacial score (nSPS) is 10.3. The van der Waals surface area contributed by atoms with Crippen LogP contribution in [0.1, 0.15) is 16.1 Å². The molecular weight excluding hydrogens is 300 g/mol. The van der Waals surface area contributed by atoms with E-state index in [-0.39, 0.29) is 5.56 Å². The number of hydrogen-bond donors (Lipinski definition) is 2. The van der Waals surface area contributed by atoms with E-state index in [4.69, 9.17) is 5.11 Å². The van der Waals surface area contributed by atoms with Crippen LogP contribution in [0.15, 0.2) is 29.0 Å². The summed E-state index contributed by atoms with van der Waals surface area (Å²) < 4.78 is 2.31. The van der Waals surface area contributed by atoms with Crippen LogP contribution in [-0.4, -0.2) is 25.8 Å². The van der Waals surface area contributed by atoms with Gasteiger partial charge in [0.25, 0.3) is 0 Å². The van der Waals surface area contributed by atoms with Gasteiger partial charge in [0.15, 0.2) is 0 Å². The zero-order valence-electron chi connectivity index (χ0n) is 9.59. The maximum absolute atomic E-state index is 11.1. The number of nitrogens with one attached hydrogen (secondary N) is 1. The maximum Gasteiger partial charge on any atom is 0.339 e. The van der Waals surface area contributed by atoms with Crippen LogP contribution in [0.4, 0.5) is 5.82 Å². The number of carboxylic acid groups (broad SMARTS) is 1. The van der Waals surface area contributed by atoms with Crippen LogP contribution in [-0.2, 0) is 13.6 Å². The summed E-state index contributed by atoms with van der Waals surface area (Å²) in [5.74, 6) is -0.691. The van der Waals surface area contributed by atoms with Crippen molar-refractivity contribution in [2.45, 2.75) is 6.54 Å². The van der Waals surface area contributed by atoms with Crippen molar-refractivity contribution >= 4 is 27.7 Å². The number of carboxylic acids is 1. The molecule has 7 heteroatoms. The lowest BCUT2D eigenvalue weighted by atomic mass is 10.2. The molecule has 0 fully saturated rings. The van der Waals surface area contributed by atoms with E-state index in [1.807, 2.05) is 19.3 Å². The first-order valence-corrected chi connectivity index (χ1v) is 5.97. The molecule has 0 aromatic carbocycles. The van der Waals surface area contributed by atoms with Crippen LogP contribution < -0.4 is 5.32 Å². The first kappa shape index (κ1) is 12.6. The fourth-order valence-corrected chi connectivity index (χ4v) is 1.81. The lowest BCUT2D eigenvalue weighted by Gasteiger charge is -2.07. The molecule has 2 N–H and O–H groups in total. The number of nitrogens with zero attached hydrogens (tertiary/aromatic N) is 3. The molecule has 6 nitrogen and oxygen atoms in total.